The number of nitrogens with one attached hydrogen (secondary N) is 1. The van der Waals surface area contributed by atoms with Crippen molar-refractivity contribution in [2.45, 2.75) is 26.7 Å². The van der Waals surface area contributed by atoms with Crippen LogP contribution in [0.1, 0.15) is 30.5 Å². The fourth-order valence-electron chi connectivity index (χ4n) is 1.83. The van der Waals surface area contributed by atoms with E-state index in [1.807, 2.05) is 25.5 Å². The zero-order chi connectivity index (χ0) is 10.6. The monoisotopic (exact) mass is 190 g/mol. The molecular weight excluding hydrogens is 174 g/mol. The van der Waals surface area contributed by atoms with E-state index in [-0.39, 0.29) is 0 Å². The molecule has 1 radical (unpaired) electrons. The third kappa shape index (κ3) is 1.79. The van der Waals surface area contributed by atoms with Crippen LogP contribution in [-0.4, -0.2) is 13.3 Å². The molecule has 0 aliphatic rings. The first-order valence-corrected chi connectivity index (χ1v) is 4.99. The number of hydrogen-bond donors (Lipinski definition) is 1. The second-order valence-electron chi connectivity index (χ2n) is 3.18. The summed E-state index contributed by atoms with van der Waals surface area (Å²) in [6.45, 7) is 4.17. The Labute approximate surface area is 85.3 Å². The van der Waals surface area contributed by atoms with Gasteiger partial charge in [-0.3, -0.25) is 4.79 Å². The Morgan fingerprint density at radius 2 is 1.86 bits per heavy atom. The molecule has 0 aliphatic heterocycles. The molecular formula is C12H16NO. The highest BCUT2D eigenvalue weighted by Gasteiger charge is 2.09. The number of rotatable bonds is 4. The topological polar surface area (TPSA) is 29.1 Å². The van der Waals surface area contributed by atoms with Crippen molar-refractivity contribution in [2.75, 3.05) is 12.4 Å². The van der Waals surface area contributed by atoms with Crippen LogP contribution in [0.15, 0.2) is 12.1 Å². The Kier molecular flexibility index (Phi) is 3.69. The molecule has 1 aromatic rings. The van der Waals surface area contributed by atoms with Gasteiger partial charge in [-0.2, -0.15) is 0 Å². The third-order valence-electron chi connectivity index (χ3n) is 2.52. The van der Waals surface area contributed by atoms with Gasteiger partial charge in [0.05, 0.1) is 0 Å². The second kappa shape index (κ2) is 4.80. The summed E-state index contributed by atoms with van der Waals surface area (Å²) in [6.07, 6.45) is 3.81. The Hall–Kier alpha value is -1.31. The number of hydrogen-bond acceptors (Lipinski definition) is 2. The second-order valence-corrected chi connectivity index (χ2v) is 3.18. The minimum Gasteiger partial charge on any atom is -0.388 e. The van der Waals surface area contributed by atoms with Crippen LogP contribution in [0, 0.1) is 0 Å². The van der Waals surface area contributed by atoms with E-state index >= 15 is 0 Å². The largest absolute Gasteiger partial charge is 0.388 e. The molecule has 0 heterocycles. The summed E-state index contributed by atoms with van der Waals surface area (Å²) in [4.78, 5) is 10.7. The fraction of sp³-hybridized carbons (Fsp3) is 0.417. The Balaban J connectivity index is 3.35. The van der Waals surface area contributed by atoms with E-state index in [1.165, 1.54) is 5.56 Å². The first-order chi connectivity index (χ1) is 6.78. The van der Waals surface area contributed by atoms with Gasteiger partial charge in [0.25, 0.3) is 0 Å². The van der Waals surface area contributed by atoms with Crippen LogP contribution < -0.4 is 5.32 Å². The highest BCUT2D eigenvalue weighted by atomic mass is 16.1. The molecule has 0 saturated carbocycles. The van der Waals surface area contributed by atoms with Crippen molar-refractivity contribution < 1.29 is 4.79 Å². The maximum atomic E-state index is 10.7. The van der Waals surface area contributed by atoms with Crippen molar-refractivity contribution in [1.82, 2.24) is 0 Å². The Morgan fingerprint density at radius 1 is 1.21 bits per heavy atom. The van der Waals surface area contributed by atoms with E-state index in [0.29, 0.717) is 5.56 Å². The van der Waals surface area contributed by atoms with E-state index in [0.717, 1.165) is 24.1 Å². The highest BCUT2D eigenvalue weighted by Crippen LogP contribution is 2.23. The first-order valence-electron chi connectivity index (χ1n) is 4.99. The van der Waals surface area contributed by atoms with E-state index in [2.05, 4.69) is 19.2 Å². The lowest BCUT2D eigenvalue weighted by atomic mass is 9.96. The molecule has 0 saturated heterocycles. The fourth-order valence-corrected chi connectivity index (χ4v) is 1.83. The molecule has 14 heavy (non-hydrogen) atoms. The van der Waals surface area contributed by atoms with Gasteiger partial charge < -0.3 is 5.32 Å². The summed E-state index contributed by atoms with van der Waals surface area (Å²) in [5, 5.41) is 3.14. The lowest BCUT2D eigenvalue weighted by Gasteiger charge is -2.13. The van der Waals surface area contributed by atoms with Crippen LogP contribution in [0.5, 0.6) is 0 Å². The van der Waals surface area contributed by atoms with E-state index in [4.69, 9.17) is 0 Å². The SMILES string of the molecule is CCc1c([C]=O)ccc(NC)c1CC. The van der Waals surface area contributed by atoms with Gasteiger partial charge in [-0.1, -0.05) is 13.8 Å². The molecule has 1 N–H and O–H groups in total. The molecule has 2 heteroatoms. The molecule has 2 nitrogen and oxygen atoms in total. The number of anilines is 1. The van der Waals surface area contributed by atoms with Gasteiger partial charge in [-0.15, -0.1) is 0 Å². The molecule has 0 bridgehead atoms. The minimum atomic E-state index is 0.698. The zero-order valence-corrected chi connectivity index (χ0v) is 8.98. The summed E-state index contributed by atoms with van der Waals surface area (Å²) < 4.78 is 0. The zero-order valence-electron chi connectivity index (χ0n) is 8.98. The van der Waals surface area contributed by atoms with Gasteiger partial charge in [-0.05, 0) is 36.1 Å². The lowest BCUT2D eigenvalue weighted by Crippen LogP contribution is -2.02. The van der Waals surface area contributed by atoms with Crippen LogP contribution in [-0.2, 0) is 17.6 Å². The normalized spacial score (nSPS) is 9.93. The van der Waals surface area contributed by atoms with Crippen molar-refractivity contribution in [2.24, 2.45) is 0 Å². The van der Waals surface area contributed by atoms with Crippen molar-refractivity contribution in [3.63, 3.8) is 0 Å². The predicted molar refractivity (Wildman–Crippen MR) is 59.5 cm³/mol. The molecule has 0 spiro atoms. The molecule has 0 aromatic heterocycles. The number of carbonyl (C=O) groups excluding carboxylic acids is 1. The minimum absolute atomic E-state index is 0.698. The van der Waals surface area contributed by atoms with E-state index < -0.39 is 0 Å². The summed E-state index contributed by atoms with van der Waals surface area (Å²) in [5.74, 6) is 0. The standard InChI is InChI=1S/C12H16NO/c1-4-10-9(8-14)6-7-12(13-3)11(10)5-2/h6-7,13H,4-5H2,1-3H3. The smallest absolute Gasteiger partial charge is 0.233 e. The van der Waals surface area contributed by atoms with E-state index in [9.17, 15) is 4.79 Å². The molecule has 1 rings (SSSR count). The average molecular weight is 190 g/mol. The van der Waals surface area contributed by atoms with Crippen LogP contribution in [0.25, 0.3) is 0 Å². The lowest BCUT2D eigenvalue weighted by molar-refractivity contribution is 0.562. The summed E-state index contributed by atoms with van der Waals surface area (Å²) in [6, 6.07) is 3.77. The highest BCUT2D eigenvalue weighted by molar-refractivity contribution is 5.80. The molecule has 75 valence electrons. The van der Waals surface area contributed by atoms with Crippen molar-refractivity contribution in [3.05, 3.63) is 28.8 Å². The maximum Gasteiger partial charge on any atom is 0.233 e. The molecule has 0 unspecified atom stereocenters. The van der Waals surface area contributed by atoms with Gasteiger partial charge >= 0.3 is 0 Å². The summed E-state index contributed by atoms with van der Waals surface area (Å²) >= 11 is 0. The molecule has 0 atom stereocenters. The van der Waals surface area contributed by atoms with Gasteiger partial charge in [0.15, 0.2) is 0 Å². The summed E-state index contributed by atoms with van der Waals surface area (Å²) in [5.41, 5.74) is 4.16. The van der Waals surface area contributed by atoms with Gasteiger partial charge in [0.2, 0.25) is 6.29 Å². The molecule has 0 aliphatic carbocycles. The predicted octanol–water partition coefficient (Wildman–Crippen LogP) is 2.31. The third-order valence-corrected chi connectivity index (χ3v) is 2.52. The Bertz CT molecular complexity index is 331. The van der Waals surface area contributed by atoms with Gasteiger partial charge in [0.1, 0.15) is 0 Å². The summed E-state index contributed by atoms with van der Waals surface area (Å²) in [7, 11) is 1.90. The van der Waals surface area contributed by atoms with Crippen molar-refractivity contribution >= 4 is 12.0 Å². The van der Waals surface area contributed by atoms with E-state index in [1.54, 1.807) is 0 Å². The van der Waals surface area contributed by atoms with Crippen LogP contribution in [0.3, 0.4) is 0 Å². The van der Waals surface area contributed by atoms with Crippen LogP contribution in [0.2, 0.25) is 0 Å². The van der Waals surface area contributed by atoms with Gasteiger partial charge in [0, 0.05) is 18.3 Å². The average Bonchev–Trinajstić information content (AvgIpc) is 2.26. The molecule has 1 aromatic carbocycles. The molecule has 0 fully saturated rings. The van der Waals surface area contributed by atoms with Crippen molar-refractivity contribution in [3.8, 4) is 0 Å². The maximum absolute atomic E-state index is 10.7. The van der Waals surface area contributed by atoms with Crippen LogP contribution >= 0.6 is 0 Å². The molecule has 0 amide bonds. The Morgan fingerprint density at radius 3 is 2.29 bits per heavy atom. The van der Waals surface area contributed by atoms with Gasteiger partial charge in [-0.25, -0.2) is 0 Å². The van der Waals surface area contributed by atoms with Crippen LogP contribution in [0.4, 0.5) is 5.69 Å². The quantitative estimate of drug-likeness (QED) is 0.789. The first kappa shape index (κ1) is 10.8. The van der Waals surface area contributed by atoms with Crippen molar-refractivity contribution in [1.29, 1.82) is 0 Å². The number of benzene rings is 1.